The van der Waals surface area contributed by atoms with Gasteiger partial charge in [-0.15, -0.1) is 0 Å². The van der Waals surface area contributed by atoms with Gasteiger partial charge in [-0.3, -0.25) is 4.79 Å². The number of carbonyl (C=O) groups excluding carboxylic acids is 1. The molecule has 3 nitrogen and oxygen atoms in total. The molecule has 0 aromatic carbocycles. The summed E-state index contributed by atoms with van der Waals surface area (Å²) >= 11 is 1.35. The predicted octanol–water partition coefficient (Wildman–Crippen LogP) is -0.382. The molecule has 0 aliphatic carbocycles. The van der Waals surface area contributed by atoms with Crippen molar-refractivity contribution in [2.24, 2.45) is 0 Å². The van der Waals surface area contributed by atoms with Crippen molar-refractivity contribution in [2.45, 2.75) is 0 Å². The molecule has 4 heteroatoms. The van der Waals surface area contributed by atoms with Crippen LogP contribution >= 0.6 is 11.8 Å². The van der Waals surface area contributed by atoms with E-state index in [9.17, 15) is 4.79 Å². The third-order valence-electron chi connectivity index (χ3n) is 0.605. The van der Waals surface area contributed by atoms with Gasteiger partial charge in [0, 0.05) is 12.3 Å². The van der Waals surface area contributed by atoms with E-state index < -0.39 is 0 Å². The van der Waals surface area contributed by atoms with E-state index in [2.05, 4.69) is 5.32 Å². The highest BCUT2D eigenvalue weighted by Gasteiger charge is 2.06. The molecule has 1 saturated heterocycles. The maximum Gasteiger partial charge on any atom is 0.279 e. The lowest BCUT2D eigenvalue weighted by atomic mass is 10.8. The van der Waals surface area contributed by atoms with Crippen LogP contribution in [-0.4, -0.2) is 23.0 Å². The lowest BCUT2D eigenvalue weighted by Crippen LogP contribution is -2.10. The smallest absolute Gasteiger partial charge is 0.279 e. The molecule has 0 bridgehead atoms. The van der Waals surface area contributed by atoms with E-state index >= 15 is 0 Å². The van der Waals surface area contributed by atoms with Gasteiger partial charge in [0.15, 0.2) is 0 Å². The molecule has 1 amide bonds. The molecule has 1 aliphatic heterocycles. The first-order chi connectivity index (χ1) is 2.89. The van der Waals surface area contributed by atoms with Crippen molar-refractivity contribution in [1.29, 1.82) is 0 Å². The molecule has 1 aliphatic rings. The van der Waals surface area contributed by atoms with Crippen LogP contribution in [0.1, 0.15) is 0 Å². The van der Waals surface area contributed by atoms with E-state index in [0.717, 1.165) is 12.3 Å². The van der Waals surface area contributed by atoms with Gasteiger partial charge in [-0.25, -0.2) is 0 Å². The summed E-state index contributed by atoms with van der Waals surface area (Å²) in [6.07, 6.45) is 0. The summed E-state index contributed by atoms with van der Waals surface area (Å²) < 4.78 is 0. The predicted molar refractivity (Wildman–Crippen MR) is 29.5 cm³/mol. The van der Waals surface area contributed by atoms with Gasteiger partial charge in [-0.05, 0) is 0 Å². The third kappa shape index (κ3) is 1.80. The first-order valence-corrected chi connectivity index (χ1v) is 2.79. The number of amides is 1. The summed E-state index contributed by atoms with van der Waals surface area (Å²) in [5, 5.41) is 2.76. The summed E-state index contributed by atoms with van der Waals surface area (Å²) in [6.45, 7) is 0.851. The Kier molecular flexibility index (Phi) is 2.78. The Morgan fingerprint density at radius 2 is 2.43 bits per heavy atom. The topological polar surface area (TPSA) is 60.6 Å². The minimum atomic E-state index is 0. The molecule has 0 atom stereocenters. The molecule has 3 N–H and O–H groups in total. The monoisotopic (exact) mass is 121 g/mol. The van der Waals surface area contributed by atoms with Crippen LogP contribution in [0.2, 0.25) is 0 Å². The maximum atomic E-state index is 10.1. The quantitative estimate of drug-likeness (QED) is 0.474. The average Bonchev–Trinajstić information content (AvgIpc) is 1.86. The van der Waals surface area contributed by atoms with Crippen LogP contribution in [0.15, 0.2) is 0 Å². The zero-order valence-corrected chi connectivity index (χ0v) is 4.55. The van der Waals surface area contributed by atoms with Crippen molar-refractivity contribution in [3.63, 3.8) is 0 Å². The minimum Gasteiger partial charge on any atom is -0.412 e. The highest BCUT2D eigenvalue weighted by atomic mass is 32.2. The van der Waals surface area contributed by atoms with Gasteiger partial charge in [0.2, 0.25) is 0 Å². The number of carbonyl (C=O) groups is 1. The zero-order valence-electron chi connectivity index (χ0n) is 3.73. The Morgan fingerprint density at radius 1 is 1.71 bits per heavy atom. The fourth-order valence-electron chi connectivity index (χ4n) is 0.348. The van der Waals surface area contributed by atoms with Gasteiger partial charge in [0.25, 0.3) is 5.24 Å². The van der Waals surface area contributed by atoms with Crippen LogP contribution in [0.25, 0.3) is 0 Å². The lowest BCUT2D eigenvalue weighted by molar-refractivity contribution is 0.262. The molecule has 0 aromatic heterocycles. The van der Waals surface area contributed by atoms with Crippen molar-refractivity contribution in [1.82, 2.24) is 5.32 Å². The van der Waals surface area contributed by atoms with E-state index in [1.54, 1.807) is 0 Å². The van der Waals surface area contributed by atoms with Gasteiger partial charge < -0.3 is 10.8 Å². The second-order valence-electron chi connectivity index (χ2n) is 1.06. The SMILES string of the molecule is O.O=C1NCCS1. The van der Waals surface area contributed by atoms with Crippen molar-refractivity contribution in [3.8, 4) is 0 Å². The van der Waals surface area contributed by atoms with Crippen molar-refractivity contribution in [2.75, 3.05) is 12.3 Å². The second-order valence-corrected chi connectivity index (χ2v) is 2.13. The van der Waals surface area contributed by atoms with E-state index in [1.165, 1.54) is 11.8 Å². The Morgan fingerprint density at radius 3 is 2.57 bits per heavy atom. The van der Waals surface area contributed by atoms with E-state index in [4.69, 9.17) is 0 Å². The Hall–Kier alpha value is -0.220. The van der Waals surface area contributed by atoms with Crippen LogP contribution in [0, 0.1) is 0 Å². The van der Waals surface area contributed by atoms with Crippen molar-refractivity contribution < 1.29 is 10.3 Å². The Balaban J connectivity index is 0.000000360. The summed E-state index contributed by atoms with van der Waals surface area (Å²) in [5.41, 5.74) is 0. The Bertz CT molecular complexity index is 67.3. The second kappa shape index (κ2) is 2.87. The molecule has 0 radical (unpaired) electrons. The molecule has 7 heavy (non-hydrogen) atoms. The molecule has 1 fully saturated rings. The van der Waals surface area contributed by atoms with E-state index in [-0.39, 0.29) is 10.7 Å². The van der Waals surface area contributed by atoms with Gasteiger partial charge in [0.1, 0.15) is 0 Å². The first kappa shape index (κ1) is 6.78. The summed E-state index contributed by atoms with van der Waals surface area (Å²) in [6, 6.07) is 0. The van der Waals surface area contributed by atoms with Crippen LogP contribution in [0.5, 0.6) is 0 Å². The fraction of sp³-hybridized carbons (Fsp3) is 0.667. The number of nitrogens with one attached hydrogen (secondary N) is 1. The number of hydrogen-bond donors (Lipinski definition) is 1. The molecule has 1 rings (SSSR count). The molecule has 0 spiro atoms. The Labute approximate surface area is 45.8 Å². The van der Waals surface area contributed by atoms with Crippen molar-refractivity contribution in [3.05, 3.63) is 0 Å². The molecular weight excluding hydrogens is 114 g/mol. The van der Waals surface area contributed by atoms with Gasteiger partial charge in [-0.1, -0.05) is 11.8 Å². The van der Waals surface area contributed by atoms with Crippen LogP contribution in [0.3, 0.4) is 0 Å². The van der Waals surface area contributed by atoms with Crippen LogP contribution in [-0.2, 0) is 0 Å². The number of thioether (sulfide) groups is 1. The maximum absolute atomic E-state index is 10.1. The molecular formula is C3H7NO2S. The van der Waals surface area contributed by atoms with E-state index in [0.29, 0.717) is 0 Å². The summed E-state index contributed by atoms with van der Waals surface area (Å²) in [7, 11) is 0. The molecule has 1 heterocycles. The van der Waals surface area contributed by atoms with Gasteiger partial charge >= 0.3 is 0 Å². The van der Waals surface area contributed by atoms with Crippen LogP contribution in [0.4, 0.5) is 4.79 Å². The molecule has 0 aromatic rings. The fourth-order valence-corrected chi connectivity index (χ4v) is 0.941. The number of hydrogen-bond acceptors (Lipinski definition) is 2. The summed E-state index contributed by atoms with van der Waals surface area (Å²) in [4.78, 5) is 10.1. The number of rotatable bonds is 0. The highest BCUT2D eigenvalue weighted by molar-refractivity contribution is 8.13. The average molecular weight is 121 g/mol. The molecule has 0 unspecified atom stereocenters. The van der Waals surface area contributed by atoms with Gasteiger partial charge in [-0.2, -0.15) is 0 Å². The minimum absolute atomic E-state index is 0. The first-order valence-electron chi connectivity index (χ1n) is 1.80. The van der Waals surface area contributed by atoms with Gasteiger partial charge in [0.05, 0.1) is 0 Å². The lowest BCUT2D eigenvalue weighted by Gasteiger charge is -1.78. The molecule has 0 saturated carbocycles. The summed E-state index contributed by atoms with van der Waals surface area (Å²) in [5.74, 6) is 0.943. The zero-order chi connectivity index (χ0) is 4.41. The third-order valence-corrected chi connectivity index (χ3v) is 1.42. The largest absolute Gasteiger partial charge is 0.412 e. The molecule has 42 valence electrons. The van der Waals surface area contributed by atoms with Crippen molar-refractivity contribution >= 4 is 17.0 Å². The normalized spacial score (nSPS) is 18.0. The van der Waals surface area contributed by atoms with Crippen LogP contribution < -0.4 is 5.32 Å². The highest BCUT2D eigenvalue weighted by Crippen LogP contribution is 2.04. The van der Waals surface area contributed by atoms with E-state index in [1.807, 2.05) is 0 Å². The standard InChI is InChI=1S/C3H5NOS.H2O/c5-3-4-1-2-6-3;/h1-2H2,(H,4,5);1H2.